The first-order valence-electron chi connectivity index (χ1n) is 7.76. The Balaban J connectivity index is 2.52. The van der Waals surface area contributed by atoms with E-state index in [0.717, 1.165) is 19.3 Å². The third kappa shape index (κ3) is 4.71. The molecule has 1 rings (SSSR count). The van der Waals surface area contributed by atoms with Gasteiger partial charge in [0, 0.05) is 6.42 Å². The number of allylic oxidation sites excluding steroid dienone is 2. The van der Waals surface area contributed by atoms with Crippen LogP contribution in [-0.2, 0) is 4.79 Å². The lowest BCUT2D eigenvalue weighted by Gasteiger charge is -2.45. The number of hydrogen-bond donors (Lipinski definition) is 2. The zero-order valence-corrected chi connectivity index (χ0v) is 13.4. The van der Waals surface area contributed by atoms with Crippen molar-refractivity contribution in [2.24, 2.45) is 11.3 Å². The highest BCUT2D eigenvalue weighted by Crippen LogP contribution is 2.43. The molecule has 0 amide bonds. The first-order valence-corrected chi connectivity index (χ1v) is 7.76. The lowest BCUT2D eigenvalue weighted by atomic mass is 9.64. The predicted octanol–water partition coefficient (Wildman–Crippen LogP) is 3.24. The summed E-state index contributed by atoms with van der Waals surface area (Å²) in [6.07, 6.45) is 6.12. The van der Waals surface area contributed by atoms with Gasteiger partial charge in [0.05, 0.1) is 12.2 Å². The summed E-state index contributed by atoms with van der Waals surface area (Å²) in [5, 5.41) is 20.3. The van der Waals surface area contributed by atoms with Gasteiger partial charge in [-0.25, -0.2) is 0 Å². The van der Waals surface area contributed by atoms with E-state index in [4.69, 9.17) is 0 Å². The molecule has 3 nitrogen and oxygen atoms in total. The summed E-state index contributed by atoms with van der Waals surface area (Å²) >= 11 is 0. The number of hydrogen-bond acceptors (Lipinski definition) is 3. The number of Topliss-reactive ketones (excluding diaryl/α,β-unsaturated/α-hetero) is 1. The third-order valence-electron chi connectivity index (χ3n) is 4.85. The van der Waals surface area contributed by atoms with E-state index < -0.39 is 0 Å². The zero-order chi connectivity index (χ0) is 15.3. The summed E-state index contributed by atoms with van der Waals surface area (Å²) in [6, 6.07) is 0. The van der Waals surface area contributed by atoms with Crippen molar-refractivity contribution in [3.63, 3.8) is 0 Å². The van der Waals surface area contributed by atoms with Crippen molar-refractivity contribution < 1.29 is 15.0 Å². The Morgan fingerprint density at radius 1 is 1.20 bits per heavy atom. The van der Waals surface area contributed by atoms with E-state index in [9.17, 15) is 15.0 Å². The first kappa shape index (κ1) is 17.4. The quantitative estimate of drug-likeness (QED) is 0.735. The van der Waals surface area contributed by atoms with Crippen LogP contribution in [0.1, 0.15) is 66.2 Å². The fraction of sp³-hybridized carbons (Fsp3) is 0.824. The smallest absolute Gasteiger partial charge is 0.130 e. The maximum absolute atomic E-state index is 10.9. The van der Waals surface area contributed by atoms with Gasteiger partial charge in [0.25, 0.3) is 0 Å². The van der Waals surface area contributed by atoms with Gasteiger partial charge in [-0.1, -0.05) is 25.5 Å². The van der Waals surface area contributed by atoms with E-state index in [-0.39, 0.29) is 29.3 Å². The zero-order valence-electron chi connectivity index (χ0n) is 13.4. The highest BCUT2D eigenvalue weighted by atomic mass is 16.3. The Labute approximate surface area is 123 Å². The van der Waals surface area contributed by atoms with Crippen LogP contribution in [-0.4, -0.2) is 28.2 Å². The summed E-state index contributed by atoms with van der Waals surface area (Å²) in [6.45, 7) is 7.81. The molecule has 0 aromatic carbocycles. The summed E-state index contributed by atoms with van der Waals surface area (Å²) in [7, 11) is 0. The van der Waals surface area contributed by atoms with E-state index in [0.29, 0.717) is 19.3 Å². The van der Waals surface area contributed by atoms with Crippen molar-refractivity contribution in [2.75, 3.05) is 0 Å². The summed E-state index contributed by atoms with van der Waals surface area (Å²) in [5.41, 5.74) is 1.05. The molecule has 0 heterocycles. The summed E-state index contributed by atoms with van der Waals surface area (Å²) in [4.78, 5) is 10.9. The average molecular weight is 282 g/mol. The Bertz CT molecular complexity index is 357. The van der Waals surface area contributed by atoms with Gasteiger partial charge >= 0.3 is 0 Å². The largest absolute Gasteiger partial charge is 0.393 e. The molecule has 0 bridgehead atoms. The van der Waals surface area contributed by atoms with E-state index in [1.165, 1.54) is 5.57 Å². The number of carbonyl (C=O) groups excluding carboxylic acids is 1. The molecule has 1 aliphatic rings. The van der Waals surface area contributed by atoms with E-state index in [1.807, 2.05) is 0 Å². The van der Waals surface area contributed by atoms with Crippen LogP contribution in [0.5, 0.6) is 0 Å². The molecule has 0 aromatic rings. The van der Waals surface area contributed by atoms with Crippen LogP contribution in [0.4, 0.5) is 0 Å². The van der Waals surface area contributed by atoms with Crippen molar-refractivity contribution in [2.45, 2.75) is 78.4 Å². The lowest BCUT2D eigenvalue weighted by molar-refractivity contribution is -0.116. The Hall–Kier alpha value is -0.670. The van der Waals surface area contributed by atoms with Gasteiger partial charge < -0.3 is 15.0 Å². The van der Waals surface area contributed by atoms with E-state index in [2.05, 4.69) is 26.8 Å². The second-order valence-electron chi connectivity index (χ2n) is 6.92. The molecule has 3 heteroatoms. The van der Waals surface area contributed by atoms with E-state index >= 15 is 0 Å². The van der Waals surface area contributed by atoms with Gasteiger partial charge in [0.1, 0.15) is 5.78 Å². The maximum Gasteiger partial charge on any atom is 0.130 e. The van der Waals surface area contributed by atoms with Gasteiger partial charge in [-0.05, 0) is 57.3 Å². The standard InChI is InChI=1S/C17H30O3/c1-12(6-5-7-13(2)18)8-9-14-15(19)10-11-16(20)17(14,3)4/h6,14-16,19-20H,5,7-11H2,1-4H3. The van der Waals surface area contributed by atoms with Gasteiger partial charge in [0.2, 0.25) is 0 Å². The van der Waals surface area contributed by atoms with Gasteiger partial charge in [-0.15, -0.1) is 0 Å². The molecule has 1 fully saturated rings. The molecule has 1 aliphatic carbocycles. The Morgan fingerprint density at radius 3 is 2.45 bits per heavy atom. The molecule has 0 spiro atoms. The van der Waals surface area contributed by atoms with Crippen LogP contribution >= 0.6 is 0 Å². The molecule has 0 aromatic heterocycles. The normalized spacial score (nSPS) is 30.3. The predicted molar refractivity (Wildman–Crippen MR) is 81.4 cm³/mol. The molecule has 2 N–H and O–H groups in total. The second kappa shape index (κ2) is 7.37. The highest BCUT2D eigenvalue weighted by Gasteiger charge is 2.43. The third-order valence-corrected chi connectivity index (χ3v) is 4.85. The number of ketones is 1. The molecule has 3 atom stereocenters. The van der Waals surface area contributed by atoms with Crippen LogP contribution in [0.3, 0.4) is 0 Å². The minimum Gasteiger partial charge on any atom is -0.393 e. The van der Waals surface area contributed by atoms with Crippen molar-refractivity contribution in [3.8, 4) is 0 Å². The fourth-order valence-corrected chi connectivity index (χ4v) is 3.22. The lowest BCUT2D eigenvalue weighted by Crippen LogP contribution is -2.47. The monoisotopic (exact) mass is 282 g/mol. The molecule has 0 radical (unpaired) electrons. The molecule has 116 valence electrons. The number of carbonyl (C=O) groups is 1. The number of aliphatic hydroxyl groups excluding tert-OH is 2. The van der Waals surface area contributed by atoms with Crippen molar-refractivity contribution in [1.29, 1.82) is 0 Å². The molecular weight excluding hydrogens is 252 g/mol. The van der Waals surface area contributed by atoms with Gasteiger partial charge in [-0.2, -0.15) is 0 Å². The molecule has 0 saturated heterocycles. The van der Waals surface area contributed by atoms with Gasteiger partial charge in [-0.3, -0.25) is 0 Å². The number of aliphatic hydroxyl groups is 2. The summed E-state index contributed by atoms with van der Waals surface area (Å²) in [5.74, 6) is 0.364. The second-order valence-corrected chi connectivity index (χ2v) is 6.92. The van der Waals surface area contributed by atoms with E-state index in [1.54, 1.807) is 6.92 Å². The molecule has 1 saturated carbocycles. The topological polar surface area (TPSA) is 57.5 Å². The maximum atomic E-state index is 10.9. The van der Waals surface area contributed by atoms with Crippen molar-refractivity contribution >= 4 is 5.78 Å². The molecule has 3 unspecified atom stereocenters. The van der Waals surface area contributed by atoms with Crippen LogP contribution in [0.25, 0.3) is 0 Å². The average Bonchev–Trinajstić information content (AvgIpc) is 2.33. The molecule has 20 heavy (non-hydrogen) atoms. The van der Waals surface area contributed by atoms with Crippen molar-refractivity contribution in [1.82, 2.24) is 0 Å². The minimum absolute atomic E-state index is 0.141. The van der Waals surface area contributed by atoms with Crippen LogP contribution in [0.2, 0.25) is 0 Å². The molecule has 0 aliphatic heterocycles. The summed E-state index contributed by atoms with van der Waals surface area (Å²) < 4.78 is 0. The Kier molecular flexibility index (Phi) is 6.41. The fourth-order valence-electron chi connectivity index (χ4n) is 3.22. The first-order chi connectivity index (χ1) is 9.25. The van der Waals surface area contributed by atoms with Crippen LogP contribution < -0.4 is 0 Å². The SMILES string of the molecule is CC(=O)CCC=C(C)CCC1C(O)CCC(O)C1(C)C. The number of rotatable bonds is 6. The minimum atomic E-state index is -0.321. The van der Waals surface area contributed by atoms with Crippen LogP contribution in [0, 0.1) is 11.3 Å². The Morgan fingerprint density at radius 2 is 1.85 bits per heavy atom. The molecular formula is C17H30O3. The van der Waals surface area contributed by atoms with Crippen LogP contribution in [0.15, 0.2) is 11.6 Å². The highest BCUT2D eigenvalue weighted by molar-refractivity contribution is 5.75. The van der Waals surface area contributed by atoms with Crippen molar-refractivity contribution in [3.05, 3.63) is 11.6 Å². The van der Waals surface area contributed by atoms with Gasteiger partial charge in [0.15, 0.2) is 0 Å².